The molecule has 0 aromatic heterocycles. The fraction of sp³-hybridized carbons (Fsp3) is 0.366. The summed E-state index contributed by atoms with van der Waals surface area (Å²) in [5.74, 6) is 0. The zero-order valence-electron chi connectivity index (χ0n) is 52.4. The molecule has 11 heteroatoms. The minimum absolute atomic E-state index is 0.141. The average molecular weight is 1260 g/mol. The zero-order valence-corrected chi connectivity index (χ0v) is 57.4. The molecule has 8 aromatic rings. The van der Waals surface area contributed by atoms with E-state index in [0.717, 1.165) is 51.4 Å². The topological polar surface area (TPSA) is 33.3 Å². The van der Waals surface area contributed by atoms with Crippen LogP contribution in [0.2, 0.25) is 0 Å². The molecule has 0 saturated heterocycles. The number of fused-ring (bicyclic) bond motifs is 2. The number of aryl methyl sites for hydroxylation is 8. The van der Waals surface area contributed by atoms with Gasteiger partial charge in [0.25, 0.3) is 0 Å². The predicted octanol–water partition coefficient (Wildman–Crippen LogP) is 15.5. The second kappa shape index (κ2) is 28.7. The first kappa shape index (κ1) is 64.6. The Labute approximate surface area is 509 Å². The number of benzene rings is 8. The summed E-state index contributed by atoms with van der Waals surface area (Å²) >= 11 is -2.13. The molecular formula is C71H90Cl2N5OP2Ru. The molecule has 0 atom stereocenters. The van der Waals surface area contributed by atoms with Crippen LogP contribution in [-0.4, -0.2) is 79.9 Å². The van der Waals surface area contributed by atoms with Crippen molar-refractivity contribution in [2.45, 2.75) is 107 Å². The number of amides is 1. The fourth-order valence-corrected chi connectivity index (χ4v) is 19.7. The Morgan fingerprint density at radius 3 is 0.780 bits per heavy atom. The number of hydrogen-bond acceptors (Lipinski definition) is 5. The van der Waals surface area contributed by atoms with Gasteiger partial charge in [0.05, 0.1) is 0 Å². The van der Waals surface area contributed by atoms with Crippen LogP contribution < -0.4 is 51.4 Å². The third kappa shape index (κ3) is 13.4. The molecule has 0 aliphatic carbocycles. The summed E-state index contributed by atoms with van der Waals surface area (Å²) in [4.78, 5) is 21.4. The molecule has 8 rings (SSSR count). The number of carbonyl (C=O) groups is 1. The maximum absolute atomic E-state index is 10.6. The third-order valence-electron chi connectivity index (χ3n) is 15.9. The Hall–Kier alpha value is -4.99. The Kier molecular flexibility index (Phi) is 22.6. The first-order valence-corrected chi connectivity index (χ1v) is 37.4. The first-order chi connectivity index (χ1) is 39.2. The van der Waals surface area contributed by atoms with E-state index in [1.54, 1.807) is 14.1 Å². The fourth-order valence-electron chi connectivity index (χ4n) is 12.3. The van der Waals surface area contributed by atoms with Crippen LogP contribution in [-0.2, 0) is 65.3 Å². The van der Waals surface area contributed by atoms with Crippen LogP contribution in [0.3, 0.4) is 0 Å². The molecule has 82 heavy (non-hydrogen) atoms. The maximum atomic E-state index is 10.6. The molecule has 0 radical (unpaired) electrons. The van der Waals surface area contributed by atoms with Gasteiger partial charge in [0, 0.05) is 79.1 Å². The summed E-state index contributed by atoms with van der Waals surface area (Å²) in [6, 6.07) is 49.3. The van der Waals surface area contributed by atoms with Crippen molar-refractivity contribution < 1.29 is 18.8 Å². The molecular weight excluding hydrogens is 1170 g/mol. The second-order valence-electron chi connectivity index (χ2n) is 22.2. The Morgan fingerprint density at radius 1 is 0.366 bits per heavy atom. The summed E-state index contributed by atoms with van der Waals surface area (Å²) in [6.45, 7) is 18.7. The summed E-state index contributed by atoms with van der Waals surface area (Å²) < 4.78 is -0.141. The van der Waals surface area contributed by atoms with Crippen LogP contribution in [0.25, 0.3) is 32.7 Å². The van der Waals surface area contributed by atoms with Crippen molar-refractivity contribution >= 4 is 116 Å². The third-order valence-corrected chi connectivity index (χ3v) is 23.4. The summed E-state index contributed by atoms with van der Waals surface area (Å²) in [5, 5.41) is 13.8. The normalized spacial score (nSPS) is 11.6. The molecule has 6 nitrogen and oxygen atoms in total. The van der Waals surface area contributed by atoms with Gasteiger partial charge in [0.2, 0.25) is 0 Å². The van der Waals surface area contributed by atoms with Gasteiger partial charge in [-0.05, 0) is 225 Å². The predicted molar refractivity (Wildman–Crippen MR) is 367 cm³/mol. The number of rotatable bonds is 20. The van der Waals surface area contributed by atoms with Gasteiger partial charge in [-0.15, -0.1) is 0 Å². The van der Waals surface area contributed by atoms with Gasteiger partial charge in [0.1, 0.15) is 0 Å². The van der Waals surface area contributed by atoms with Gasteiger partial charge in [-0.25, -0.2) is 0 Å². The van der Waals surface area contributed by atoms with Crippen LogP contribution in [0.15, 0.2) is 121 Å². The second-order valence-corrected chi connectivity index (χ2v) is 32.2. The number of halogens is 2. The van der Waals surface area contributed by atoms with E-state index in [9.17, 15) is 4.79 Å². The van der Waals surface area contributed by atoms with E-state index in [2.05, 4.69) is 253 Å². The van der Waals surface area contributed by atoms with Crippen molar-refractivity contribution in [1.29, 1.82) is 0 Å². The van der Waals surface area contributed by atoms with Gasteiger partial charge in [0.15, 0.2) is 0 Å². The van der Waals surface area contributed by atoms with Crippen molar-refractivity contribution in [3.63, 3.8) is 0 Å². The van der Waals surface area contributed by atoms with Crippen LogP contribution in [0.1, 0.15) is 99.9 Å². The van der Waals surface area contributed by atoms with Crippen molar-refractivity contribution in [2.24, 2.45) is 0 Å². The average Bonchev–Trinajstić information content (AvgIpc) is 1.71. The Bertz CT molecular complexity index is 3090. The van der Waals surface area contributed by atoms with E-state index >= 15 is 0 Å². The van der Waals surface area contributed by atoms with Crippen molar-refractivity contribution in [1.82, 2.24) is 4.90 Å². The number of anilines is 4. The molecule has 0 N–H and O–H groups in total. The van der Waals surface area contributed by atoms with Crippen LogP contribution in [0.4, 0.5) is 27.5 Å². The van der Waals surface area contributed by atoms with E-state index in [1.165, 1.54) is 137 Å². The first-order valence-electron chi connectivity index (χ1n) is 29.4. The molecule has 0 aliphatic heterocycles. The van der Waals surface area contributed by atoms with E-state index in [1.807, 2.05) is 0 Å². The molecule has 0 saturated carbocycles. The van der Waals surface area contributed by atoms with Crippen molar-refractivity contribution in [2.75, 3.05) is 90.1 Å². The van der Waals surface area contributed by atoms with Gasteiger partial charge >= 0.3 is 61.6 Å². The SMILES string of the molecule is CCc1cc(P(c2cc(CC)c(N(C)C)c(CC)c2)c2ccc3ccccc3c2-c2c(P(c3cc(CC)c(N(C)C)c(CC)c3)c3cc(CC)c(N(C)C)c(CC)c3)ccc3ccccc23)cc(CC)c1N(C)C.CN(C)[C](=O)[Ru]([Cl])[Cl]. The quantitative estimate of drug-likeness (QED) is 0.0561. The molecule has 0 fully saturated rings. The van der Waals surface area contributed by atoms with E-state index in [-0.39, 0.29) is 4.50 Å². The molecule has 0 unspecified atom stereocenters. The molecule has 8 aromatic carbocycles. The van der Waals surface area contributed by atoms with Gasteiger partial charge in [-0.1, -0.05) is 128 Å². The molecule has 0 heterocycles. The van der Waals surface area contributed by atoms with Crippen LogP contribution in [0, 0.1) is 0 Å². The molecule has 1 amide bonds. The van der Waals surface area contributed by atoms with Crippen LogP contribution in [0.5, 0.6) is 0 Å². The minimum atomic E-state index is -2.13. The molecule has 437 valence electrons. The summed E-state index contributed by atoms with van der Waals surface area (Å²) in [6.07, 6.45) is 7.76. The summed E-state index contributed by atoms with van der Waals surface area (Å²) in [5.41, 5.74) is 19.6. The number of nitrogens with zero attached hydrogens (tertiary/aromatic N) is 5. The molecule has 0 aliphatic rings. The zero-order chi connectivity index (χ0) is 59.9. The van der Waals surface area contributed by atoms with Crippen molar-refractivity contribution in [3.05, 3.63) is 166 Å². The van der Waals surface area contributed by atoms with E-state index < -0.39 is 29.8 Å². The van der Waals surface area contributed by atoms with Gasteiger partial charge in [-0.3, -0.25) is 0 Å². The van der Waals surface area contributed by atoms with Gasteiger partial charge in [-0.2, -0.15) is 0 Å². The van der Waals surface area contributed by atoms with E-state index in [0.29, 0.717) is 0 Å². The van der Waals surface area contributed by atoms with Crippen LogP contribution >= 0.6 is 35.2 Å². The molecule has 0 spiro atoms. The number of carbonyl (C=O) groups excluding carboxylic acids is 1. The van der Waals surface area contributed by atoms with E-state index in [4.69, 9.17) is 19.4 Å². The van der Waals surface area contributed by atoms with Gasteiger partial charge < -0.3 is 19.6 Å². The number of hydrogen-bond donors (Lipinski definition) is 0. The summed E-state index contributed by atoms with van der Waals surface area (Å²) in [7, 11) is 29.5. The van der Waals surface area contributed by atoms with Crippen molar-refractivity contribution in [3.8, 4) is 11.1 Å². The molecule has 0 bridgehead atoms. The Morgan fingerprint density at radius 2 is 0.598 bits per heavy atom. The standard InChI is InChI=1S/C68H84N4P2.C3H6NO.2ClH.Ru/c1-17-45-37-55(38-46(18-2)65(45)69(9)10)73(56-39-47(19-3)66(70(11)12)48(20-4)40-56)61-35-33-53-29-25-27-31-59(53)63(61)64-60-32-28-26-30-54(60)34-36-62(64)74(57-41-49(21-5)67(71(13)14)50(22-6)42-57)58-43-51(23-7)68(72(15)16)52(24-8)44-58;1-4(2)3-5;;;/h25-44H,17-24H2,1-16H3;1-2H3;2*1H;/q;;;;+2/p-2. The monoisotopic (exact) mass is 1260 g/mol. The Balaban J connectivity index is 0.00000112.